The molecule has 0 bridgehead atoms. The molecule has 0 unspecified atom stereocenters. The van der Waals surface area contributed by atoms with E-state index in [0.717, 1.165) is 21.9 Å². The van der Waals surface area contributed by atoms with Crippen LogP contribution >= 0.6 is 0 Å². The summed E-state index contributed by atoms with van der Waals surface area (Å²) in [6, 6.07) is 22.7. The molecule has 2 atom stereocenters. The second-order valence-electron chi connectivity index (χ2n) is 11.8. The molecule has 0 aliphatic rings. The minimum atomic E-state index is -0.932. The summed E-state index contributed by atoms with van der Waals surface area (Å²) >= 11 is 0. The second kappa shape index (κ2) is 14.8. The maximum absolute atomic E-state index is 13.7. The Balaban J connectivity index is 1.89. The first-order valence-electron chi connectivity index (χ1n) is 14.4. The molecule has 230 valence electrons. The summed E-state index contributed by atoms with van der Waals surface area (Å²) < 4.78 is 6.02. The molecule has 9 nitrogen and oxygen atoms in total. The Labute approximate surface area is 255 Å². The number of ether oxygens (including phenoxy) is 1. The standard InChI is InChI=1S/C34H45N5O4/c1-34(2,35)21-13-18-30(40)38(6)31(24-26-19-20-27-16-11-12-17-28(27)22-26)43-33(42)37(5)29(32(41)39(7)36(3)4)23-25-14-9-8-10-15-25/h8-20,22,29,31H,21,23-24,35H2,1-7H3/b18-13+/t29-,31-/m1/s1. The van der Waals surface area contributed by atoms with Gasteiger partial charge in [0, 0.05) is 53.6 Å². The number of likely N-dealkylation sites (N-methyl/N-ethyl adjacent to an activating group) is 3. The molecule has 3 aromatic rings. The monoisotopic (exact) mass is 587 g/mol. The molecule has 0 saturated heterocycles. The first kappa shape index (κ1) is 33.3. The minimum Gasteiger partial charge on any atom is -0.425 e. The van der Waals surface area contributed by atoms with Crippen molar-refractivity contribution in [3.63, 3.8) is 0 Å². The van der Waals surface area contributed by atoms with Gasteiger partial charge in [0.05, 0.1) is 0 Å². The zero-order valence-electron chi connectivity index (χ0n) is 26.4. The van der Waals surface area contributed by atoms with E-state index >= 15 is 0 Å². The van der Waals surface area contributed by atoms with Crippen molar-refractivity contribution in [1.29, 1.82) is 0 Å². The van der Waals surface area contributed by atoms with Crippen LogP contribution in [0.4, 0.5) is 4.79 Å². The Hall–Kier alpha value is -4.21. The molecule has 0 fully saturated rings. The molecular weight excluding hydrogens is 542 g/mol. The van der Waals surface area contributed by atoms with Gasteiger partial charge in [-0.25, -0.2) is 9.80 Å². The molecule has 0 aromatic heterocycles. The number of benzene rings is 3. The van der Waals surface area contributed by atoms with Crippen LogP contribution in [-0.2, 0) is 27.2 Å². The van der Waals surface area contributed by atoms with Crippen LogP contribution in [-0.4, -0.2) is 90.8 Å². The van der Waals surface area contributed by atoms with E-state index in [-0.39, 0.29) is 18.2 Å². The van der Waals surface area contributed by atoms with Crippen LogP contribution in [0, 0.1) is 0 Å². The fourth-order valence-electron chi connectivity index (χ4n) is 4.51. The van der Waals surface area contributed by atoms with Crippen LogP contribution in [0.15, 0.2) is 84.9 Å². The maximum Gasteiger partial charge on any atom is 0.412 e. The molecule has 0 aliphatic heterocycles. The Morgan fingerprint density at radius 3 is 2.07 bits per heavy atom. The maximum atomic E-state index is 13.7. The first-order chi connectivity index (χ1) is 20.3. The summed E-state index contributed by atoms with van der Waals surface area (Å²) in [5.74, 6) is -0.592. The molecule has 0 aliphatic carbocycles. The van der Waals surface area contributed by atoms with Gasteiger partial charge in [-0.1, -0.05) is 78.9 Å². The van der Waals surface area contributed by atoms with E-state index in [4.69, 9.17) is 10.5 Å². The Morgan fingerprint density at radius 1 is 0.814 bits per heavy atom. The van der Waals surface area contributed by atoms with Gasteiger partial charge in [-0.3, -0.25) is 19.5 Å². The fourth-order valence-corrected chi connectivity index (χ4v) is 4.51. The van der Waals surface area contributed by atoms with Gasteiger partial charge in [0.25, 0.3) is 5.91 Å². The van der Waals surface area contributed by atoms with E-state index in [9.17, 15) is 14.4 Å². The third-order valence-corrected chi connectivity index (χ3v) is 7.38. The van der Waals surface area contributed by atoms with Gasteiger partial charge in [0.1, 0.15) is 6.04 Å². The van der Waals surface area contributed by atoms with E-state index in [1.807, 2.05) is 86.6 Å². The summed E-state index contributed by atoms with van der Waals surface area (Å²) in [6.45, 7) is 3.76. The van der Waals surface area contributed by atoms with E-state index in [1.165, 1.54) is 20.9 Å². The van der Waals surface area contributed by atoms with Gasteiger partial charge in [-0.15, -0.1) is 0 Å². The lowest BCUT2D eigenvalue weighted by molar-refractivity contribution is -0.148. The smallest absolute Gasteiger partial charge is 0.412 e. The molecule has 9 heteroatoms. The Kier molecular flexibility index (Phi) is 11.5. The van der Waals surface area contributed by atoms with Gasteiger partial charge in [0.2, 0.25) is 5.91 Å². The van der Waals surface area contributed by atoms with Crippen LogP contribution < -0.4 is 5.73 Å². The average Bonchev–Trinajstić information content (AvgIpc) is 2.97. The highest BCUT2D eigenvalue weighted by molar-refractivity contribution is 5.88. The number of amides is 3. The Morgan fingerprint density at radius 2 is 1.44 bits per heavy atom. The molecule has 2 N–H and O–H groups in total. The number of carbonyl (C=O) groups excluding carboxylic acids is 3. The molecule has 3 amide bonds. The quantitative estimate of drug-likeness (QED) is 0.191. The second-order valence-corrected chi connectivity index (χ2v) is 11.8. The largest absolute Gasteiger partial charge is 0.425 e. The average molecular weight is 588 g/mol. The first-order valence-corrected chi connectivity index (χ1v) is 14.4. The normalized spacial score (nSPS) is 13.1. The van der Waals surface area contributed by atoms with Crippen LogP contribution in [0.1, 0.15) is 31.4 Å². The highest BCUT2D eigenvalue weighted by Crippen LogP contribution is 2.20. The Bertz CT molecular complexity index is 1420. The van der Waals surface area contributed by atoms with Crippen molar-refractivity contribution >= 4 is 28.7 Å². The topological polar surface area (TPSA) is 99.4 Å². The summed E-state index contributed by atoms with van der Waals surface area (Å²) in [4.78, 5) is 43.1. The lowest BCUT2D eigenvalue weighted by Crippen LogP contribution is -2.54. The summed E-state index contributed by atoms with van der Waals surface area (Å²) in [6.07, 6.45) is 2.60. The number of fused-ring (bicyclic) bond motifs is 1. The molecule has 0 spiro atoms. The van der Waals surface area contributed by atoms with Crippen molar-refractivity contribution in [3.8, 4) is 0 Å². The molecular formula is C34H45N5O4. The number of hydrogen-bond donors (Lipinski definition) is 1. The number of rotatable bonds is 12. The van der Waals surface area contributed by atoms with Crippen molar-refractivity contribution in [3.05, 3.63) is 96.1 Å². The van der Waals surface area contributed by atoms with Gasteiger partial charge in [-0.05, 0) is 48.2 Å². The number of nitrogens with zero attached hydrogens (tertiary/aromatic N) is 4. The number of nitrogens with two attached hydrogens (primary N) is 1. The predicted octanol–water partition coefficient (Wildman–Crippen LogP) is 4.47. The lowest BCUT2D eigenvalue weighted by Gasteiger charge is -2.35. The minimum absolute atomic E-state index is 0.262. The van der Waals surface area contributed by atoms with Crippen molar-refractivity contribution < 1.29 is 19.1 Å². The zero-order valence-corrected chi connectivity index (χ0v) is 26.4. The van der Waals surface area contributed by atoms with Crippen LogP contribution in [0.5, 0.6) is 0 Å². The van der Waals surface area contributed by atoms with Crippen molar-refractivity contribution in [1.82, 2.24) is 19.8 Å². The van der Waals surface area contributed by atoms with Crippen LogP contribution in [0.2, 0.25) is 0 Å². The van der Waals surface area contributed by atoms with Crippen molar-refractivity contribution in [2.24, 2.45) is 5.73 Å². The fraction of sp³-hybridized carbons (Fsp3) is 0.382. The number of hydrazine groups is 1. The van der Waals surface area contributed by atoms with E-state index in [2.05, 4.69) is 0 Å². The van der Waals surface area contributed by atoms with Crippen LogP contribution in [0.3, 0.4) is 0 Å². The van der Waals surface area contributed by atoms with Gasteiger partial charge >= 0.3 is 6.09 Å². The summed E-state index contributed by atoms with van der Waals surface area (Å²) in [5, 5.41) is 5.25. The molecule has 0 heterocycles. The molecule has 0 saturated carbocycles. The summed E-state index contributed by atoms with van der Waals surface area (Å²) in [7, 11) is 8.33. The van der Waals surface area contributed by atoms with Gasteiger partial charge in [0.15, 0.2) is 6.23 Å². The molecule has 3 rings (SSSR count). The molecule has 0 radical (unpaired) electrons. The van der Waals surface area contributed by atoms with Gasteiger partial charge in [-0.2, -0.15) is 0 Å². The lowest BCUT2D eigenvalue weighted by atomic mass is 10.0. The van der Waals surface area contributed by atoms with Crippen molar-refractivity contribution in [2.45, 2.75) is 50.9 Å². The predicted molar refractivity (Wildman–Crippen MR) is 171 cm³/mol. The number of carbonyl (C=O) groups is 3. The highest BCUT2D eigenvalue weighted by Gasteiger charge is 2.33. The van der Waals surface area contributed by atoms with E-state index in [1.54, 1.807) is 46.3 Å². The zero-order chi connectivity index (χ0) is 31.7. The molecule has 43 heavy (non-hydrogen) atoms. The third-order valence-electron chi connectivity index (χ3n) is 7.38. The van der Waals surface area contributed by atoms with E-state index < -0.39 is 23.9 Å². The SMILES string of the molecule is CN(C(=O)O[C@H](Cc1ccc2ccccc2c1)N(C)C(=O)/C=C/CC(C)(C)N)[C@H](Cc1ccccc1)C(=O)N(C)N(C)C. The third kappa shape index (κ3) is 9.66. The van der Waals surface area contributed by atoms with E-state index in [0.29, 0.717) is 12.8 Å². The van der Waals surface area contributed by atoms with Crippen molar-refractivity contribution in [2.75, 3.05) is 35.2 Å². The highest BCUT2D eigenvalue weighted by atomic mass is 16.6. The molecule has 3 aromatic carbocycles. The number of hydrogen-bond acceptors (Lipinski definition) is 6. The van der Waals surface area contributed by atoms with Gasteiger partial charge < -0.3 is 15.4 Å². The van der Waals surface area contributed by atoms with Crippen LogP contribution in [0.25, 0.3) is 10.8 Å². The summed E-state index contributed by atoms with van der Waals surface area (Å²) in [5.41, 5.74) is 7.41.